The minimum atomic E-state index is -0.651. The highest BCUT2D eigenvalue weighted by Gasteiger charge is 2.34. The van der Waals surface area contributed by atoms with Gasteiger partial charge in [-0.2, -0.15) is 0 Å². The number of halogens is 2. The maximum Gasteiger partial charge on any atom is 0.256 e. The van der Waals surface area contributed by atoms with Crippen LogP contribution in [0.2, 0.25) is 5.02 Å². The molecule has 1 aromatic carbocycles. The number of nitrogens with one attached hydrogen (secondary N) is 2. The van der Waals surface area contributed by atoms with Gasteiger partial charge >= 0.3 is 0 Å². The van der Waals surface area contributed by atoms with Gasteiger partial charge in [0.05, 0.1) is 10.6 Å². The average molecular weight is 352 g/mol. The lowest BCUT2D eigenvalue weighted by molar-refractivity contribution is 0.0934. The van der Waals surface area contributed by atoms with E-state index in [-0.39, 0.29) is 11.5 Å². The van der Waals surface area contributed by atoms with Crippen LogP contribution >= 0.6 is 22.9 Å². The molecule has 0 radical (unpaired) electrons. The summed E-state index contributed by atoms with van der Waals surface area (Å²) in [7, 11) is 2.07. The quantitative estimate of drug-likeness (QED) is 0.827. The Balaban J connectivity index is 1.75. The number of anilines is 1. The summed E-state index contributed by atoms with van der Waals surface area (Å²) in [6.07, 6.45) is 0.208. The van der Waals surface area contributed by atoms with Crippen molar-refractivity contribution in [3.8, 4) is 0 Å². The Bertz CT molecular complexity index is 787. The van der Waals surface area contributed by atoms with E-state index in [9.17, 15) is 9.18 Å². The Labute approximate surface area is 142 Å². The van der Waals surface area contributed by atoms with Crippen molar-refractivity contribution in [2.45, 2.75) is 19.1 Å². The predicted octanol–water partition coefficient (Wildman–Crippen LogP) is 3.38. The van der Waals surface area contributed by atoms with Crippen LogP contribution in [0.1, 0.15) is 32.5 Å². The van der Waals surface area contributed by atoms with Crippen molar-refractivity contribution in [3.63, 3.8) is 0 Å². The number of carbonyl (C=O) groups excluding carboxylic acids is 1. The first-order valence-electron chi connectivity index (χ1n) is 7.39. The van der Waals surface area contributed by atoms with Crippen molar-refractivity contribution >= 4 is 33.8 Å². The van der Waals surface area contributed by atoms with Gasteiger partial charge in [0.2, 0.25) is 0 Å². The van der Waals surface area contributed by atoms with Crippen LogP contribution in [-0.4, -0.2) is 24.4 Å². The smallest absolute Gasteiger partial charge is 0.256 e. The molecule has 0 spiro atoms. The molecule has 2 aliphatic heterocycles. The van der Waals surface area contributed by atoms with E-state index in [0.717, 1.165) is 30.1 Å². The van der Waals surface area contributed by atoms with E-state index in [2.05, 4.69) is 22.6 Å². The molecule has 7 heteroatoms. The van der Waals surface area contributed by atoms with Gasteiger partial charge in [-0.25, -0.2) is 4.39 Å². The molecule has 1 aromatic heterocycles. The van der Waals surface area contributed by atoms with E-state index < -0.39 is 12.0 Å². The van der Waals surface area contributed by atoms with Gasteiger partial charge in [0, 0.05) is 23.5 Å². The van der Waals surface area contributed by atoms with Gasteiger partial charge in [-0.05, 0) is 31.2 Å². The number of fused-ring (bicyclic) bond motifs is 3. The van der Waals surface area contributed by atoms with Crippen molar-refractivity contribution in [1.82, 2.24) is 10.2 Å². The Hall–Kier alpha value is -1.63. The number of hydrogen-bond acceptors (Lipinski definition) is 4. The Morgan fingerprint density at radius 1 is 1.39 bits per heavy atom. The fourth-order valence-electron chi connectivity index (χ4n) is 3.17. The van der Waals surface area contributed by atoms with Crippen LogP contribution in [0.5, 0.6) is 0 Å². The van der Waals surface area contributed by atoms with Crippen LogP contribution in [0, 0.1) is 5.82 Å². The van der Waals surface area contributed by atoms with Crippen molar-refractivity contribution < 1.29 is 9.18 Å². The molecule has 0 unspecified atom stereocenters. The first kappa shape index (κ1) is 14.9. The summed E-state index contributed by atoms with van der Waals surface area (Å²) in [6, 6.07) is 4.52. The fourth-order valence-corrected chi connectivity index (χ4v) is 4.80. The number of benzene rings is 1. The van der Waals surface area contributed by atoms with Gasteiger partial charge in [-0.1, -0.05) is 17.7 Å². The van der Waals surface area contributed by atoms with Crippen molar-refractivity contribution in [3.05, 3.63) is 50.6 Å². The zero-order valence-electron chi connectivity index (χ0n) is 12.5. The van der Waals surface area contributed by atoms with Crippen molar-refractivity contribution in [2.24, 2.45) is 0 Å². The van der Waals surface area contributed by atoms with E-state index >= 15 is 0 Å². The second kappa shape index (κ2) is 5.47. The molecule has 2 aromatic rings. The third-order valence-electron chi connectivity index (χ3n) is 4.31. The summed E-state index contributed by atoms with van der Waals surface area (Å²) >= 11 is 7.70. The summed E-state index contributed by atoms with van der Waals surface area (Å²) in [4.78, 5) is 16.0. The van der Waals surface area contributed by atoms with Gasteiger partial charge in [-0.15, -0.1) is 11.3 Å². The number of amides is 1. The van der Waals surface area contributed by atoms with E-state index in [1.807, 2.05) is 0 Å². The van der Waals surface area contributed by atoms with Crippen LogP contribution in [0.15, 0.2) is 18.2 Å². The van der Waals surface area contributed by atoms with Gasteiger partial charge in [0.1, 0.15) is 17.0 Å². The molecule has 1 atom stereocenters. The molecule has 120 valence electrons. The largest absolute Gasteiger partial charge is 0.352 e. The van der Waals surface area contributed by atoms with Crippen LogP contribution < -0.4 is 10.6 Å². The summed E-state index contributed by atoms with van der Waals surface area (Å²) in [5.41, 5.74) is 2.10. The SMILES string of the molecule is CN1CCc2c(sc3c2C(=O)N[C@@H](c2c(F)cccc2Cl)N3)C1. The molecule has 0 aliphatic carbocycles. The van der Waals surface area contributed by atoms with Crippen LogP contribution in [-0.2, 0) is 13.0 Å². The lowest BCUT2D eigenvalue weighted by Crippen LogP contribution is -2.39. The summed E-state index contributed by atoms with van der Waals surface area (Å²) in [5.74, 6) is -0.593. The number of hydrogen-bond donors (Lipinski definition) is 2. The second-order valence-electron chi connectivity index (χ2n) is 5.88. The highest BCUT2D eigenvalue weighted by molar-refractivity contribution is 7.16. The molecule has 0 bridgehead atoms. The Kier molecular flexibility index (Phi) is 3.55. The highest BCUT2D eigenvalue weighted by Crippen LogP contribution is 2.41. The number of rotatable bonds is 1. The summed E-state index contributed by atoms with van der Waals surface area (Å²) in [6.45, 7) is 1.78. The summed E-state index contributed by atoms with van der Waals surface area (Å²) in [5, 5.41) is 7.18. The van der Waals surface area contributed by atoms with E-state index in [4.69, 9.17) is 11.6 Å². The van der Waals surface area contributed by atoms with Gasteiger partial charge in [0.15, 0.2) is 0 Å². The zero-order valence-corrected chi connectivity index (χ0v) is 14.0. The first-order chi connectivity index (χ1) is 11.0. The molecule has 23 heavy (non-hydrogen) atoms. The molecule has 1 amide bonds. The van der Waals surface area contributed by atoms with E-state index in [1.165, 1.54) is 10.9 Å². The summed E-state index contributed by atoms with van der Waals surface area (Å²) < 4.78 is 14.1. The maximum absolute atomic E-state index is 14.1. The van der Waals surface area contributed by atoms with E-state index in [1.54, 1.807) is 23.5 Å². The minimum absolute atomic E-state index is 0.162. The van der Waals surface area contributed by atoms with Crippen LogP contribution in [0.3, 0.4) is 0 Å². The molecule has 0 fully saturated rings. The van der Waals surface area contributed by atoms with E-state index in [0.29, 0.717) is 10.6 Å². The molecule has 4 rings (SSSR count). The molecule has 3 heterocycles. The molecule has 0 saturated heterocycles. The monoisotopic (exact) mass is 351 g/mol. The van der Waals surface area contributed by atoms with Crippen molar-refractivity contribution in [1.29, 1.82) is 0 Å². The van der Waals surface area contributed by atoms with Gasteiger partial charge < -0.3 is 15.5 Å². The van der Waals surface area contributed by atoms with Gasteiger partial charge in [-0.3, -0.25) is 4.79 Å². The first-order valence-corrected chi connectivity index (χ1v) is 8.58. The van der Waals surface area contributed by atoms with Crippen molar-refractivity contribution in [2.75, 3.05) is 18.9 Å². The topological polar surface area (TPSA) is 44.4 Å². The number of nitrogens with zero attached hydrogens (tertiary/aromatic N) is 1. The molecule has 2 N–H and O–H groups in total. The molecule has 4 nitrogen and oxygen atoms in total. The zero-order chi connectivity index (χ0) is 16.1. The predicted molar refractivity (Wildman–Crippen MR) is 89.6 cm³/mol. The third kappa shape index (κ3) is 2.41. The van der Waals surface area contributed by atoms with Crippen LogP contribution in [0.4, 0.5) is 9.39 Å². The lowest BCUT2D eigenvalue weighted by Gasteiger charge is -2.28. The lowest BCUT2D eigenvalue weighted by atomic mass is 10.0. The number of thiophene rings is 1. The Morgan fingerprint density at radius 3 is 3.00 bits per heavy atom. The minimum Gasteiger partial charge on any atom is -0.352 e. The fraction of sp³-hybridized carbons (Fsp3) is 0.312. The molecule has 0 saturated carbocycles. The highest BCUT2D eigenvalue weighted by atomic mass is 35.5. The van der Waals surface area contributed by atoms with Gasteiger partial charge in [0.25, 0.3) is 5.91 Å². The third-order valence-corrected chi connectivity index (χ3v) is 5.79. The number of likely N-dealkylation sites (N-methyl/N-ethyl adjacent to an activating group) is 1. The Morgan fingerprint density at radius 2 is 2.22 bits per heavy atom. The standard InChI is InChI=1S/C16H15ClFN3OS/c1-21-6-5-8-11(7-21)23-16-12(8)15(22)19-14(20-16)13-9(17)3-2-4-10(13)18/h2-4,14,20H,5-7H2,1H3,(H,19,22)/t14-/m1/s1. The second-order valence-corrected chi connectivity index (χ2v) is 7.39. The molecule has 2 aliphatic rings. The molecular formula is C16H15ClFN3OS. The normalized spacial score (nSPS) is 20.5. The maximum atomic E-state index is 14.1. The average Bonchev–Trinajstić information content (AvgIpc) is 2.84. The molecular weight excluding hydrogens is 337 g/mol. The van der Waals surface area contributed by atoms with Crippen LogP contribution in [0.25, 0.3) is 0 Å². The number of carbonyl (C=O) groups is 1.